The van der Waals surface area contributed by atoms with Crippen LogP contribution in [0.4, 0.5) is 0 Å². The molecule has 0 radical (unpaired) electrons. The van der Waals surface area contributed by atoms with Crippen molar-refractivity contribution in [1.82, 2.24) is 0 Å². The highest BCUT2D eigenvalue weighted by molar-refractivity contribution is 5.47. The van der Waals surface area contributed by atoms with Crippen LogP contribution in [0.25, 0.3) is 0 Å². The SMILES string of the molecule is Cc1ccc(C(ON)(c2ccccc2)c2ccccc2)cc1. The number of hydrogen-bond donors (Lipinski definition) is 1. The number of nitrogens with two attached hydrogens (primary N) is 1. The van der Waals surface area contributed by atoms with Gasteiger partial charge in [0.1, 0.15) is 0 Å². The highest BCUT2D eigenvalue weighted by Crippen LogP contribution is 2.39. The highest BCUT2D eigenvalue weighted by Gasteiger charge is 2.37. The molecule has 0 bridgehead atoms. The summed E-state index contributed by atoms with van der Waals surface area (Å²) in [5, 5.41) is 0. The molecule has 0 aromatic heterocycles. The molecule has 0 amide bonds. The maximum Gasteiger partial charge on any atom is 0.164 e. The second-order valence-corrected chi connectivity index (χ2v) is 5.40. The molecule has 22 heavy (non-hydrogen) atoms. The Bertz CT molecular complexity index is 681. The lowest BCUT2D eigenvalue weighted by Gasteiger charge is -2.33. The third-order valence-electron chi connectivity index (χ3n) is 4.00. The molecule has 0 unspecified atom stereocenters. The summed E-state index contributed by atoms with van der Waals surface area (Å²) in [5.41, 5.74) is 3.42. The van der Waals surface area contributed by atoms with Crippen molar-refractivity contribution >= 4 is 0 Å². The van der Waals surface area contributed by atoms with Crippen LogP contribution in [0.5, 0.6) is 0 Å². The normalized spacial score (nSPS) is 11.4. The predicted octanol–water partition coefficient (Wildman–Crippen LogP) is 4.18. The van der Waals surface area contributed by atoms with E-state index >= 15 is 0 Å². The molecule has 3 aromatic carbocycles. The Morgan fingerprint density at radius 2 is 1.05 bits per heavy atom. The van der Waals surface area contributed by atoms with E-state index in [-0.39, 0.29) is 0 Å². The van der Waals surface area contributed by atoms with Gasteiger partial charge in [0.2, 0.25) is 0 Å². The largest absolute Gasteiger partial charge is 0.283 e. The highest BCUT2D eigenvalue weighted by atomic mass is 16.6. The van der Waals surface area contributed by atoms with Gasteiger partial charge in [0.05, 0.1) is 0 Å². The zero-order chi connectivity index (χ0) is 15.4. The van der Waals surface area contributed by atoms with Gasteiger partial charge < -0.3 is 0 Å². The lowest BCUT2D eigenvalue weighted by atomic mass is 9.80. The minimum atomic E-state index is -0.809. The van der Waals surface area contributed by atoms with E-state index in [0.29, 0.717) is 0 Å². The van der Waals surface area contributed by atoms with Crippen molar-refractivity contribution in [2.45, 2.75) is 12.5 Å². The average Bonchev–Trinajstić information content (AvgIpc) is 2.59. The first kappa shape index (κ1) is 14.5. The minimum absolute atomic E-state index is 0.809. The van der Waals surface area contributed by atoms with Crippen LogP contribution in [0.3, 0.4) is 0 Å². The number of benzene rings is 3. The molecule has 2 N–H and O–H groups in total. The van der Waals surface area contributed by atoms with Crippen LogP contribution in [-0.2, 0) is 10.4 Å². The van der Waals surface area contributed by atoms with E-state index < -0.39 is 5.60 Å². The monoisotopic (exact) mass is 289 g/mol. The van der Waals surface area contributed by atoms with Gasteiger partial charge in [0.15, 0.2) is 5.60 Å². The topological polar surface area (TPSA) is 35.2 Å². The molecule has 3 aromatic rings. The van der Waals surface area contributed by atoms with E-state index in [0.717, 1.165) is 16.7 Å². The molecule has 0 fully saturated rings. The van der Waals surface area contributed by atoms with Crippen LogP contribution in [0, 0.1) is 6.92 Å². The summed E-state index contributed by atoms with van der Waals surface area (Å²) < 4.78 is 0. The summed E-state index contributed by atoms with van der Waals surface area (Å²) in [6.45, 7) is 2.07. The second-order valence-electron chi connectivity index (χ2n) is 5.40. The molecule has 0 heterocycles. The first-order chi connectivity index (χ1) is 10.8. The van der Waals surface area contributed by atoms with Crippen molar-refractivity contribution in [1.29, 1.82) is 0 Å². The van der Waals surface area contributed by atoms with E-state index in [9.17, 15) is 0 Å². The van der Waals surface area contributed by atoms with Crippen molar-refractivity contribution in [2.24, 2.45) is 5.90 Å². The van der Waals surface area contributed by atoms with Crippen molar-refractivity contribution in [2.75, 3.05) is 0 Å². The Hall–Kier alpha value is -2.42. The molecule has 0 atom stereocenters. The molecular weight excluding hydrogens is 270 g/mol. The first-order valence-electron chi connectivity index (χ1n) is 7.33. The van der Waals surface area contributed by atoms with Gasteiger partial charge in [-0.05, 0) is 23.6 Å². The van der Waals surface area contributed by atoms with Gasteiger partial charge in [0.25, 0.3) is 0 Å². The summed E-state index contributed by atoms with van der Waals surface area (Å²) >= 11 is 0. The number of rotatable bonds is 4. The summed E-state index contributed by atoms with van der Waals surface area (Å²) in [6, 6.07) is 28.4. The first-order valence-corrected chi connectivity index (χ1v) is 7.33. The maximum absolute atomic E-state index is 5.84. The van der Waals surface area contributed by atoms with Crippen LogP contribution in [0.15, 0.2) is 84.9 Å². The zero-order valence-electron chi connectivity index (χ0n) is 12.6. The summed E-state index contributed by atoms with van der Waals surface area (Å²) in [5.74, 6) is 5.84. The fourth-order valence-electron chi connectivity index (χ4n) is 2.84. The van der Waals surface area contributed by atoms with Gasteiger partial charge in [-0.15, -0.1) is 0 Å². The quantitative estimate of drug-likeness (QED) is 0.577. The Labute approximate surface area is 131 Å². The van der Waals surface area contributed by atoms with Gasteiger partial charge in [-0.25, -0.2) is 5.90 Å². The zero-order valence-corrected chi connectivity index (χ0v) is 12.6. The van der Waals surface area contributed by atoms with E-state index in [1.807, 2.05) is 60.7 Å². The molecule has 0 saturated heterocycles. The molecule has 0 aliphatic heterocycles. The third-order valence-corrected chi connectivity index (χ3v) is 4.00. The molecule has 0 spiro atoms. The molecular formula is C20H19NO. The smallest absolute Gasteiger partial charge is 0.164 e. The van der Waals surface area contributed by atoms with Gasteiger partial charge in [0, 0.05) is 0 Å². The van der Waals surface area contributed by atoms with Crippen LogP contribution >= 0.6 is 0 Å². The van der Waals surface area contributed by atoms with Crippen LogP contribution in [-0.4, -0.2) is 0 Å². The van der Waals surface area contributed by atoms with Crippen molar-refractivity contribution in [3.8, 4) is 0 Å². The average molecular weight is 289 g/mol. The lowest BCUT2D eigenvalue weighted by molar-refractivity contribution is 0.0117. The molecule has 0 aliphatic rings. The molecule has 2 nitrogen and oxygen atoms in total. The molecule has 2 heteroatoms. The van der Waals surface area contributed by atoms with E-state index in [1.54, 1.807) is 0 Å². The van der Waals surface area contributed by atoms with E-state index in [1.165, 1.54) is 5.56 Å². The summed E-state index contributed by atoms with van der Waals surface area (Å²) in [4.78, 5) is 5.64. The lowest BCUT2D eigenvalue weighted by Crippen LogP contribution is -2.35. The van der Waals surface area contributed by atoms with Gasteiger partial charge in [-0.2, -0.15) is 0 Å². The summed E-state index contributed by atoms with van der Waals surface area (Å²) in [6.07, 6.45) is 0. The number of aryl methyl sites for hydroxylation is 1. The molecule has 3 rings (SSSR count). The fourth-order valence-corrected chi connectivity index (χ4v) is 2.84. The van der Waals surface area contributed by atoms with E-state index in [2.05, 4.69) is 31.2 Å². The van der Waals surface area contributed by atoms with Crippen molar-refractivity contribution in [3.05, 3.63) is 107 Å². The van der Waals surface area contributed by atoms with Crippen LogP contribution in [0.1, 0.15) is 22.3 Å². The molecule has 0 aliphatic carbocycles. The van der Waals surface area contributed by atoms with Crippen LogP contribution < -0.4 is 5.90 Å². The Morgan fingerprint density at radius 1 is 0.636 bits per heavy atom. The summed E-state index contributed by atoms with van der Waals surface area (Å²) in [7, 11) is 0. The predicted molar refractivity (Wildman–Crippen MR) is 89.2 cm³/mol. The molecule has 110 valence electrons. The van der Waals surface area contributed by atoms with E-state index in [4.69, 9.17) is 10.7 Å². The third kappa shape index (κ3) is 2.43. The van der Waals surface area contributed by atoms with Gasteiger partial charge in [-0.1, -0.05) is 90.5 Å². The Balaban J connectivity index is 2.28. The Morgan fingerprint density at radius 3 is 1.45 bits per heavy atom. The standard InChI is InChI=1S/C20H19NO/c1-16-12-14-19(15-13-16)20(22-21,17-8-4-2-5-9-17)18-10-6-3-7-11-18/h2-15H,21H2,1H3. The number of hydrogen-bond acceptors (Lipinski definition) is 2. The molecule has 0 saturated carbocycles. The van der Waals surface area contributed by atoms with Crippen molar-refractivity contribution < 1.29 is 4.84 Å². The fraction of sp³-hybridized carbons (Fsp3) is 0.100. The maximum atomic E-state index is 5.84. The minimum Gasteiger partial charge on any atom is -0.283 e. The van der Waals surface area contributed by atoms with Gasteiger partial charge >= 0.3 is 0 Å². The van der Waals surface area contributed by atoms with Crippen LogP contribution in [0.2, 0.25) is 0 Å². The van der Waals surface area contributed by atoms with Crippen molar-refractivity contribution in [3.63, 3.8) is 0 Å². The Kier molecular flexibility index (Phi) is 4.05. The second kappa shape index (κ2) is 6.14. The van der Waals surface area contributed by atoms with Gasteiger partial charge in [-0.3, -0.25) is 4.84 Å².